The van der Waals surface area contributed by atoms with Crippen LogP contribution in [0.4, 0.5) is 0 Å². The van der Waals surface area contributed by atoms with Gasteiger partial charge in [-0.1, -0.05) is 23.8 Å². The van der Waals surface area contributed by atoms with Gasteiger partial charge in [0.25, 0.3) is 5.91 Å². The minimum atomic E-state index is -3.61. The maximum Gasteiger partial charge on any atom is 0.251 e. The molecular formula is C20H24N2O4S. The van der Waals surface area contributed by atoms with Gasteiger partial charge in [0.15, 0.2) is 0 Å². The van der Waals surface area contributed by atoms with Gasteiger partial charge < -0.3 is 10.1 Å². The molecule has 2 rings (SSSR count). The summed E-state index contributed by atoms with van der Waals surface area (Å²) in [5.41, 5.74) is 2.31. The summed E-state index contributed by atoms with van der Waals surface area (Å²) >= 11 is 0. The SMILES string of the molecule is C=CCNS(=O)(=O)c1ccc(C(=O)N[C@H](C)c2cc(C)ccc2OC)cc1. The fourth-order valence-corrected chi connectivity index (χ4v) is 3.59. The Balaban J connectivity index is 2.14. The van der Waals surface area contributed by atoms with Crippen molar-refractivity contribution in [3.63, 3.8) is 0 Å². The Hall–Kier alpha value is -2.64. The molecular weight excluding hydrogens is 364 g/mol. The molecule has 0 aliphatic carbocycles. The van der Waals surface area contributed by atoms with Crippen molar-refractivity contribution in [3.8, 4) is 5.75 Å². The average Bonchev–Trinajstić information content (AvgIpc) is 2.66. The number of nitrogens with one attached hydrogen (secondary N) is 2. The number of carbonyl (C=O) groups is 1. The summed E-state index contributed by atoms with van der Waals surface area (Å²) in [5, 5.41) is 2.91. The molecule has 0 radical (unpaired) electrons. The summed E-state index contributed by atoms with van der Waals surface area (Å²) in [7, 11) is -2.03. The minimum Gasteiger partial charge on any atom is -0.496 e. The van der Waals surface area contributed by atoms with Crippen LogP contribution in [-0.2, 0) is 10.0 Å². The lowest BCUT2D eigenvalue weighted by Crippen LogP contribution is -2.27. The van der Waals surface area contributed by atoms with Crippen LogP contribution in [0.5, 0.6) is 5.75 Å². The number of benzene rings is 2. The van der Waals surface area contributed by atoms with E-state index in [1.807, 2.05) is 32.0 Å². The smallest absolute Gasteiger partial charge is 0.251 e. The van der Waals surface area contributed by atoms with Gasteiger partial charge in [0, 0.05) is 17.7 Å². The third kappa shape index (κ3) is 5.18. The van der Waals surface area contributed by atoms with Crippen molar-refractivity contribution in [2.75, 3.05) is 13.7 Å². The standard InChI is InChI=1S/C20H24N2O4S/c1-5-12-21-27(24,25)17-9-7-16(8-10-17)20(23)22-15(3)18-13-14(2)6-11-19(18)26-4/h5-11,13,15,21H,1,12H2,2-4H3,(H,22,23)/t15-/m1/s1. The lowest BCUT2D eigenvalue weighted by atomic mass is 10.0. The molecule has 2 aromatic rings. The second kappa shape index (κ2) is 8.83. The summed E-state index contributed by atoms with van der Waals surface area (Å²) in [6.07, 6.45) is 1.46. The number of carbonyl (C=O) groups excluding carboxylic acids is 1. The molecule has 0 aliphatic heterocycles. The van der Waals surface area contributed by atoms with Gasteiger partial charge >= 0.3 is 0 Å². The van der Waals surface area contributed by atoms with Crippen LogP contribution >= 0.6 is 0 Å². The summed E-state index contributed by atoms with van der Waals surface area (Å²) in [6, 6.07) is 11.3. The number of rotatable bonds is 8. The van der Waals surface area contributed by atoms with Crippen molar-refractivity contribution in [1.82, 2.24) is 10.0 Å². The minimum absolute atomic E-state index is 0.0919. The first-order chi connectivity index (χ1) is 12.8. The molecule has 7 heteroatoms. The first-order valence-electron chi connectivity index (χ1n) is 8.44. The maximum absolute atomic E-state index is 12.5. The lowest BCUT2D eigenvalue weighted by molar-refractivity contribution is 0.0939. The Labute approximate surface area is 160 Å². The lowest BCUT2D eigenvalue weighted by Gasteiger charge is -2.18. The summed E-state index contributed by atoms with van der Waals surface area (Å²) < 4.78 is 31.9. The number of sulfonamides is 1. The van der Waals surface area contributed by atoms with Crippen molar-refractivity contribution in [2.45, 2.75) is 24.8 Å². The molecule has 27 heavy (non-hydrogen) atoms. The van der Waals surface area contributed by atoms with Crippen molar-refractivity contribution in [1.29, 1.82) is 0 Å². The fraction of sp³-hybridized carbons (Fsp3) is 0.250. The molecule has 0 saturated carbocycles. The van der Waals surface area contributed by atoms with E-state index in [1.165, 1.54) is 30.3 Å². The second-order valence-corrected chi connectivity index (χ2v) is 7.87. The van der Waals surface area contributed by atoms with E-state index in [4.69, 9.17) is 4.74 Å². The predicted octanol–water partition coefficient (Wildman–Crippen LogP) is 2.96. The second-order valence-electron chi connectivity index (χ2n) is 6.11. The third-order valence-electron chi connectivity index (χ3n) is 4.04. The zero-order valence-electron chi connectivity index (χ0n) is 15.7. The van der Waals surface area contributed by atoms with E-state index in [2.05, 4.69) is 16.6 Å². The molecule has 0 bridgehead atoms. The van der Waals surface area contributed by atoms with Gasteiger partial charge in [0.05, 0.1) is 18.0 Å². The van der Waals surface area contributed by atoms with Gasteiger partial charge in [-0.05, 0) is 44.2 Å². The molecule has 1 atom stereocenters. The van der Waals surface area contributed by atoms with Crippen LogP contribution in [0.2, 0.25) is 0 Å². The monoisotopic (exact) mass is 388 g/mol. The number of amides is 1. The zero-order chi connectivity index (χ0) is 20.0. The van der Waals surface area contributed by atoms with Crippen LogP contribution in [-0.4, -0.2) is 28.0 Å². The molecule has 144 valence electrons. The van der Waals surface area contributed by atoms with E-state index in [0.29, 0.717) is 11.3 Å². The molecule has 0 fully saturated rings. The Bertz CT molecular complexity index is 921. The van der Waals surface area contributed by atoms with Gasteiger partial charge in [0.1, 0.15) is 5.75 Å². The molecule has 0 spiro atoms. The van der Waals surface area contributed by atoms with Gasteiger partial charge in [-0.3, -0.25) is 4.79 Å². The van der Waals surface area contributed by atoms with Crippen molar-refractivity contribution >= 4 is 15.9 Å². The normalized spacial score (nSPS) is 12.3. The Kier molecular flexibility index (Phi) is 6.76. The summed E-state index contributed by atoms with van der Waals surface area (Å²) in [5.74, 6) is 0.400. The topological polar surface area (TPSA) is 84.5 Å². The van der Waals surface area contributed by atoms with E-state index in [0.717, 1.165) is 11.1 Å². The Morgan fingerprint density at radius 1 is 1.22 bits per heavy atom. The summed E-state index contributed by atoms with van der Waals surface area (Å²) in [4.78, 5) is 12.6. The number of hydrogen-bond acceptors (Lipinski definition) is 4. The molecule has 6 nitrogen and oxygen atoms in total. The van der Waals surface area contributed by atoms with Crippen LogP contribution in [0, 0.1) is 6.92 Å². The Morgan fingerprint density at radius 2 is 1.89 bits per heavy atom. The average molecular weight is 388 g/mol. The van der Waals surface area contributed by atoms with Crippen LogP contribution in [0.3, 0.4) is 0 Å². The number of ether oxygens (including phenoxy) is 1. The highest BCUT2D eigenvalue weighted by atomic mass is 32.2. The van der Waals surface area contributed by atoms with E-state index < -0.39 is 10.0 Å². The summed E-state index contributed by atoms with van der Waals surface area (Å²) in [6.45, 7) is 7.45. The van der Waals surface area contributed by atoms with Gasteiger partial charge in [-0.2, -0.15) is 0 Å². The van der Waals surface area contributed by atoms with Gasteiger partial charge in [0.2, 0.25) is 10.0 Å². The van der Waals surface area contributed by atoms with E-state index >= 15 is 0 Å². The van der Waals surface area contributed by atoms with Gasteiger partial charge in [-0.25, -0.2) is 13.1 Å². The molecule has 2 N–H and O–H groups in total. The maximum atomic E-state index is 12.5. The van der Waals surface area contributed by atoms with Gasteiger partial charge in [-0.15, -0.1) is 6.58 Å². The number of aryl methyl sites for hydroxylation is 1. The van der Waals surface area contributed by atoms with E-state index in [1.54, 1.807) is 7.11 Å². The molecule has 0 aromatic heterocycles. The molecule has 0 heterocycles. The Morgan fingerprint density at radius 3 is 2.48 bits per heavy atom. The highest BCUT2D eigenvalue weighted by Crippen LogP contribution is 2.26. The van der Waals surface area contributed by atoms with E-state index in [-0.39, 0.29) is 23.4 Å². The van der Waals surface area contributed by atoms with Crippen molar-refractivity contribution in [2.24, 2.45) is 0 Å². The quantitative estimate of drug-likeness (QED) is 0.681. The first-order valence-corrected chi connectivity index (χ1v) is 9.93. The third-order valence-corrected chi connectivity index (χ3v) is 5.48. The molecule has 1 amide bonds. The van der Waals surface area contributed by atoms with Crippen LogP contribution in [0.15, 0.2) is 60.0 Å². The van der Waals surface area contributed by atoms with Crippen molar-refractivity contribution < 1.29 is 17.9 Å². The predicted molar refractivity (Wildman–Crippen MR) is 105 cm³/mol. The molecule has 0 aliphatic rings. The number of hydrogen-bond donors (Lipinski definition) is 2. The highest BCUT2D eigenvalue weighted by molar-refractivity contribution is 7.89. The highest BCUT2D eigenvalue weighted by Gasteiger charge is 2.17. The zero-order valence-corrected chi connectivity index (χ0v) is 16.5. The van der Waals surface area contributed by atoms with Crippen molar-refractivity contribution in [3.05, 3.63) is 71.8 Å². The van der Waals surface area contributed by atoms with Crippen LogP contribution in [0.1, 0.15) is 34.5 Å². The van der Waals surface area contributed by atoms with Crippen LogP contribution < -0.4 is 14.8 Å². The number of methoxy groups -OCH3 is 1. The first kappa shape index (κ1) is 20.7. The fourth-order valence-electron chi connectivity index (χ4n) is 2.59. The molecule has 2 aromatic carbocycles. The molecule has 0 saturated heterocycles. The molecule has 0 unspecified atom stereocenters. The van der Waals surface area contributed by atoms with E-state index in [9.17, 15) is 13.2 Å². The largest absolute Gasteiger partial charge is 0.496 e. The van der Waals surface area contributed by atoms with Crippen LogP contribution in [0.25, 0.3) is 0 Å².